The molecule has 0 radical (unpaired) electrons. The number of hydrogen-bond acceptors (Lipinski definition) is 1. The van der Waals surface area contributed by atoms with Crippen LogP contribution in [0.25, 0.3) is 0 Å². The molecule has 1 rings (SSSR count). The van der Waals surface area contributed by atoms with Crippen molar-refractivity contribution in [2.45, 2.75) is 32.1 Å². The second-order valence-corrected chi connectivity index (χ2v) is 5.75. The van der Waals surface area contributed by atoms with E-state index in [1.54, 1.807) is 4.90 Å². The third-order valence-corrected chi connectivity index (χ3v) is 4.32. The van der Waals surface area contributed by atoms with Crippen LogP contribution in [0.15, 0.2) is 24.3 Å². The zero-order chi connectivity index (χ0) is 13.0. The van der Waals surface area contributed by atoms with Gasteiger partial charge in [0.1, 0.15) is 0 Å². The van der Waals surface area contributed by atoms with E-state index in [0.29, 0.717) is 12.5 Å². The number of rotatable bonds is 4. The van der Waals surface area contributed by atoms with Gasteiger partial charge in [0.05, 0.1) is 4.83 Å². The van der Waals surface area contributed by atoms with Crippen molar-refractivity contribution in [3.8, 4) is 0 Å². The standard InChI is InChI=1S/C14H20BrNO/c1-10(2)13(15)14(17)16(4)9-12-8-6-5-7-11(12)3/h5-8,10,13H,9H2,1-4H3. The smallest absolute Gasteiger partial charge is 0.236 e. The van der Waals surface area contributed by atoms with Gasteiger partial charge in [0, 0.05) is 13.6 Å². The molecule has 0 fully saturated rings. The van der Waals surface area contributed by atoms with Crippen molar-refractivity contribution in [2.24, 2.45) is 5.92 Å². The summed E-state index contributed by atoms with van der Waals surface area (Å²) >= 11 is 3.45. The van der Waals surface area contributed by atoms with Gasteiger partial charge in [-0.1, -0.05) is 54.0 Å². The molecule has 0 aliphatic rings. The predicted molar refractivity (Wildman–Crippen MR) is 75.2 cm³/mol. The Morgan fingerprint density at radius 2 is 1.94 bits per heavy atom. The van der Waals surface area contributed by atoms with Gasteiger partial charge in [-0.15, -0.1) is 0 Å². The monoisotopic (exact) mass is 297 g/mol. The highest BCUT2D eigenvalue weighted by atomic mass is 79.9. The maximum atomic E-state index is 12.1. The van der Waals surface area contributed by atoms with Crippen molar-refractivity contribution >= 4 is 21.8 Å². The van der Waals surface area contributed by atoms with Crippen LogP contribution in [-0.4, -0.2) is 22.7 Å². The fraction of sp³-hybridized carbons (Fsp3) is 0.500. The molecule has 1 aromatic carbocycles. The molecule has 1 atom stereocenters. The summed E-state index contributed by atoms with van der Waals surface area (Å²) < 4.78 is 0. The van der Waals surface area contributed by atoms with Crippen molar-refractivity contribution in [3.63, 3.8) is 0 Å². The molecule has 1 aromatic rings. The van der Waals surface area contributed by atoms with E-state index >= 15 is 0 Å². The lowest BCUT2D eigenvalue weighted by molar-refractivity contribution is -0.130. The SMILES string of the molecule is Cc1ccccc1CN(C)C(=O)C(Br)C(C)C. The molecular weight excluding hydrogens is 278 g/mol. The number of aryl methyl sites for hydroxylation is 1. The number of halogens is 1. The first-order chi connectivity index (χ1) is 7.93. The summed E-state index contributed by atoms with van der Waals surface area (Å²) in [5, 5.41) is 0. The van der Waals surface area contributed by atoms with E-state index < -0.39 is 0 Å². The summed E-state index contributed by atoms with van der Waals surface area (Å²) in [5.41, 5.74) is 2.43. The first-order valence-corrected chi connectivity index (χ1v) is 6.78. The number of carbonyl (C=O) groups excluding carboxylic acids is 1. The Labute approximate surface area is 112 Å². The van der Waals surface area contributed by atoms with Crippen LogP contribution >= 0.6 is 15.9 Å². The second kappa shape index (κ2) is 6.20. The average Bonchev–Trinajstić information content (AvgIpc) is 2.30. The highest BCUT2D eigenvalue weighted by molar-refractivity contribution is 9.10. The predicted octanol–water partition coefficient (Wildman–Crippen LogP) is 3.37. The van der Waals surface area contributed by atoms with Crippen molar-refractivity contribution in [1.29, 1.82) is 0 Å². The molecule has 0 aliphatic carbocycles. The van der Waals surface area contributed by atoms with Gasteiger partial charge in [0.15, 0.2) is 0 Å². The minimum atomic E-state index is -0.100. The van der Waals surface area contributed by atoms with Gasteiger partial charge < -0.3 is 4.90 Å². The van der Waals surface area contributed by atoms with Gasteiger partial charge in [-0.05, 0) is 24.0 Å². The Hall–Kier alpha value is -0.830. The highest BCUT2D eigenvalue weighted by Crippen LogP contribution is 2.17. The zero-order valence-electron chi connectivity index (χ0n) is 10.9. The molecule has 1 amide bonds. The second-order valence-electron chi connectivity index (χ2n) is 4.77. The summed E-state index contributed by atoms with van der Waals surface area (Å²) in [6.45, 7) is 6.82. The number of hydrogen-bond donors (Lipinski definition) is 0. The van der Waals surface area contributed by atoms with E-state index in [0.717, 1.165) is 0 Å². The summed E-state index contributed by atoms with van der Waals surface area (Å²) in [5.74, 6) is 0.449. The summed E-state index contributed by atoms with van der Waals surface area (Å²) in [6, 6.07) is 8.16. The molecular formula is C14H20BrNO. The fourth-order valence-corrected chi connectivity index (χ4v) is 1.97. The third-order valence-electron chi connectivity index (χ3n) is 2.87. The lowest BCUT2D eigenvalue weighted by Gasteiger charge is -2.23. The third kappa shape index (κ3) is 3.84. The molecule has 2 nitrogen and oxygen atoms in total. The largest absolute Gasteiger partial charge is 0.340 e. The minimum absolute atomic E-state index is 0.100. The molecule has 1 unspecified atom stereocenters. The van der Waals surface area contributed by atoms with Gasteiger partial charge >= 0.3 is 0 Å². The zero-order valence-corrected chi connectivity index (χ0v) is 12.5. The molecule has 0 N–H and O–H groups in total. The Balaban J connectivity index is 2.70. The molecule has 0 spiro atoms. The maximum Gasteiger partial charge on any atom is 0.236 e. The van der Waals surface area contributed by atoms with Crippen molar-refractivity contribution < 1.29 is 4.79 Å². The normalized spacial score (nSPS) is 12.6. The first kappa shape index (κ1) is 14.2. The molecule has 0 saturated carbocycles. The van der Waals surface area contributed by atoms with Gasteiger partial charge in [0.25, 0.3) is 0 Å². The molecule has 17 heavy (non-hydrogen) atoms. The lowest BCUT2D eigenvalue weighted by Crippen LogP contribution is -2.35. The van der Waals surface area contributed by atoms with Crippen LogP contribution in [0.3, 0.4) is 0 Å². The topological polar surface area (TPSA) is 20.3 Å². The van der Waals surface area contributed by atoms with Gasteiger partial charge in [-0.2, -0.15) is 0 Å². The van der Waals surface area contributed by atoms with Crippen LogP contribution in [0, 0.1) is 12.8 Å². The molecule has 0 bridgehead atoms. The molecule has 3 heteroatoms. The number of alkyl halides is 1. The average molecular weight is 298 g/mol. The highest BCUT2D eigenvalue weighted by Gasteiger charge is 2.22. The summed E-state index contributed by atoms with van der Waals surface area (Å²) in [7, 11) is 1.85. The molecule has 0 aliphatic heterocycles. The number of nitrogens with zero attached hydrogens (tertiary/aromatic N) is 1. The summed E-state index contributed by atoms with van der Waals surface area (Å²) in [4.78, 5) is 13.8. The van der Waals surface area contributed by atoms with Crippen molar-refractivity contribution in [2.75, 3.05) is 7.05 Å². The van der Waals surface area contributed by atoms with Crippen LogP contribution < -0.4 is 0 Å². The summed E-state index contributed by atoms with van der Waals surface area (Å²) in [6.07, 6.45) is 0. The quantitative estimate of drug-likeness (QED) is 0.780. The molecule has 0 aromatic heterocycles. The van der Waals surface area contributed by atoms with E-state index in [-0.39, 0.29) is 10.7 Å². The van der Waals surface area contributed by atoms with E-state index in [1.807, 2.05) is 33.0 Å². The van der Waals surface area contributed by atoms with Gasteiger partial charge in [-0.3, -0.25) is 4.79 Å². The van der Waals surface area contributed by atoms with Crippen LogP contribution in [-0.2, 0) is 11.3 Å². The Bertz CT molecular complexity index is 390. The minimum Gasteiger partial charge on any atom is -0.340 e. The Morgan fingerprint density at radius 1 is 1.35 bits per heavy atom. The van der Waals surface area contributed by atoms with E-state index in [4.69, 9.17) is 0 Å². The first-order valence-electron chi connectivity index (χ1n) is 5.87. The van der Waals surface area contributed by atoms with Crippen molar-refractivity contribution in [3.05, 3.63) is 35.4 Å². The molecule has 94 valence electrons. The molecule has 0 saturated heterocycles. The van der Waals surface area contributed by atoms with E-state index in [2.05, 4.69) is 35.0 Å². The number of carbonyl (C=O) groups is 1. The maximum absolute atomic E-state index is 12.1. The van der Waals surface area contributed by atoms with Crippen LogP contribution in [0.5, 0.6) is 0 Å². The van der Waals surface area contributed by atoms with E-state index in [9.17, 15) is 4.79 Å². The van der Waals surface area contributed by atoms with Crippen LogP contribution in [0.2, 0.25) is 0 Å². The van der Waals surface area contributed by atoms with Gasteiger partial charge in [0.2, 0.25) is 5.91 Å². The Kier molecular flexibility index (Phi) is 5.19. The number of benzene rings is 1. The van der Waals surface area contributed by atoms with Crippen LogP contribution in [0.1, 0.15) is 25.0 Å². The molecule has 0 heterocycles. The van der Waals surface area contributed by atoms with Crippen LogP contribution in [0.4, 0.5) is 0 Å². The fourth-order valence-electron chi connectivity index (χ4n) is 1.62. The van der Waals surface area contributed by atoms with Crippen molar-refractivity contribution in [1.82, 2.24) is 4.90 Å². The van der Waals surface area contributed by atoms with E-state index in [1.165, 1.54) is 11.1 Å². The Morgan fingerprint density at radius 3 is 2.47 bits per heavy atom. The lowest BCUT2D eigenvalue weighted by atomic mass is 10.1. The van der Waals surface area contributed by atoms with Gasteiger partial charge in [-0.25, -0.2) is 0 Å². The number of amides is 1.